The number of benzene rings is 1. The molecule has 1 N–H and O–H groups in total. The van der Waals surface area contributed by atoms with Gasteiger partial charge in [0.1, 0.15) is 0 Å². The fraction of sp³-hybridized carbons (Fsp3) is 0.500. The molecule has 0 spiro atoms. The number of carbonyl (C=O) groups excluding carboxylic acids is 1. The van der Waals surface area contributed by atoms with Crippen molar-refractivity contribution < 1.29 is 19.4 Å². The first-order valence-corrected chi connectivity index (χ1v) is 8.07. The number of halogens is 1. The largest absolute Gasteiger partial charge is 0.481 e. The molecule has 0 aromatic heterocycles. The molecule has 1 fully saturated rings. The van der Waals surface area contributed by atoms with E-state index in [0.29, 0.717) is 25.8 Å². The molecule has 1 heterocycles. The Morgan fingerprint density at radius 3 is 2.64 bits per heavy atom. The smallest absolute Gasteiger partial charge is 0.305 e. The summed E-state index contributed by atoms with van der Waals surface area (Å²) in [5.74, 6) is -0.888. The molecule has 1 aliphatic heterocycles. The predicted molar refractivity (Wildman–Crippen MR) is 85.6 cm³/mol. The molecule has 0 saturated carbocycles. The standard InChI is InChI=1S/C16H20BrNO4/c1-22-14-8-13(9-16(20)21)18(10-14)15(19)7-4-11-2-5-12(17)6-3-11/h2-3,5-6,13-14H,4,7-10H2,1H3,(H,20,21). The second-order valence-electron chi connectivity index (χ2n) is 5.52. The molecule has 0 bridgehead atoms. The molecule has 2 unspecified atom stereocenters. The zero-order valence-corrected chi connectivity index (χ0v) is 14.1. The number of aryl methyl sites for hydroxylation is 1. The zero-order chi connectivity index (χ0) is 16.1. The zero-order valence-electron chi connectivity index (χ0n) is 12.5. The summed E-state index contributed by atoms with van der Waals surface area (Å²) in [5.41, 5.74) is 1.09. The van der Waals surface area contributed by atoms with Gasteiger partial charge in [-0.1, -0.05) is 28.1 Å². The SMILES string of the molecule is COC1CC(CC(=O)O)N(C(=O)CCc2ccc(Br)cc2)C1. The Morgan fingerprint density at radius 1 is 1.36 bits per heavy atom. The van der Waals surface area contributed by atoms with Crippen LogP contribution in [-0.4, -0.2) is 47.7 Å². The lowest BCUT2D eigenvalue weighted by atomic mass is 10.1. The molecule has 0 aliphatic carbocycles. The highest BCUT2D eigenvalue weighted by Crippen LogP contribution is 2.24. The first kappa shape index (κ1) is 17.0. The number of rotatable bonds is 6. The fourth-order valence-electron chi connectivity index (χ4n) is 2.79. The third-order valence-electron chi connectivity index (χ3n) is 3.98. The van der Waals surface area contributed by atoms with Gasteiger partial charge in [0, 0.05) is 30.6 Å². The van der Waals surface area contributed by atoms with E-state index < -0.39 is 5.97 Å². The Hall–Kier alpha value is -1.40. The van der Waals surface area contributed by atoms with Gasteiger partial charge in [0.2, 0.25) is 5.91 Å². The Balaban J connectivity index is 1.94. The highest BCUT2D eigenvalue weighted by Gasteiger charge is 2.36. The van der Waals surface area contributed by atoms with E-state index in [1.165, 1.54) is 0 Å². The van der Waals surface area contributed by atoms with E-state index in [9.17, 15) is 9.59 Å². The van der Waals surface area contributed by atoms with Gasteiger partial charge in [-0.05, 0) is 30.5 Å². The van der Waals surface area contributed by atoms with E-state index in [-0.39, 0.29) is 24.5 Å². The van der Waals surface area contributed by atoms with Crippen LogP contribution in [0, 0.1) is 0 Å². The summed E-state index contributed by atoms with van der Waals surface area (Å²) < 4.78 is 6.29. The molecule has 1 amide bonds. The number of likely N-dealkylation sites (tertiary alicyclic amines) is 1. The van der Waals surface area contributed by atoms with Gasteiger partial charge < -0.3 is 14.7 Å². The van der Waals surface area contributed by atoms with Crippen molar-refractivity contribution in [3.8, 4) is 0 Å². The second-order valence-corrected chi connectivity index (χ2v) is 6.43. The lowest BCUT2D eigenvalue weighted by molar-refractivity contribution is -0.139. The van der Waals surface area contributed by atoms with E-state index in [1.807, 2.05) is 24.3 Å². The van der Waals surface area contributed by atoms with Crippen LogP contribution >= 0.6 is 15.9 Å². The van der Waals surface area contributed by atoms with Crippen molar-refractivity contribution in [2.45, 2.75) is 37.8 Å². The van der Waals surface area contributed by atoms with Crippen molar-refractivity contribution >= 4 is 27.8 Å². The summed E-state index contributed by atoms with van der Waals surface area (Å²) in [6.45, 7) is 0.480. The number of methoxy groups -OCH3 is 1. The fourth-order valence-corrected chi connectivity index (χ4v) is 3.06. The van der Waals surface area contributed by atoms with Crippen LogP contribution in [0.5, 0.6) is 0 Å². The second kappa shape index (κ2) is 7.74. The van der Waals surface area contributed by atoms with E-state index in [0.717, 1.165) is 10.0 Å². The average Bonchev–Trinajstić information content (AvgIpc) is 2.88. The van der Waals surface area contributed by atoms with Gasteiger partial charge in [-0.3, -0.25) is 9.59 Å². The van der Waals surface area contributed by atoms with E-state index in [4.69, 9.17) is 9.84 Å². The molecule has 1 aromatic rings. The number of aliphatic carboxylic acids is 1. The van der Waals surface area contributed by atoms with Crippen molar-refractivity contribution in [3.63, 3.8) is 0 Å². The van der Waals surface area contributed by atoms with Crippen LogP contribution < -0.4 is 0 Å². The van der Waals surface area contributed by atoms with Crippen molar-refractivity contribution in [2.75, 3.05) is 13.7 Å². The first-order valence-electron chi connectivity index (χ1n) is 7.28. The third kappa shape index (κ3) is 4.55. The summed E-state index contributed by atoms with van der Waals surface area (Å²) in [7, 11) is 1.60. The lowest BCUT2D eigenvalue weighted by Gasteiger charge is -2.23. The molecule has 1 aromatic carbocycles. The normalized spacial score (nSPS) is 21.1. The number of carboxylic acids is 1. The quantitative estimate of drug-likeness (QED) is 0.836. The molecule has 0 radical (unpaired) electrons. The molecule has 1 saturated heterocycles. The minimum Gasteiger partial charge on any atom is -0.481 e. The highest BCUT2D eigenvalue weighted by atomic mass is 79.9. The van der Waals surface area contributed by atoms with Crippen LogP contribution in [0.4, 0.5) is 0 Å². The van der Waals surface area contributed by atoms with E-state index in [1.54, 1.807) is 12.0 Å². The number of ether oxygens (including phenoxy) is 1. The molecule has 120 valence electrons. The van der Waals surface area contributed by atoms with Gasteiger partial charge in [-0.25, -0.2) is 0 Å². The number of amides is 1. The minimum absolute atomic E-state index is 0.00582. The summed E-state index contributed by atoms with van der Waals surface area (Å²) in [6.07, 6.45) is 1.53. The van der Waals surface area contributed by atoms with Gasteiger partial charge in [0.15, 0.2) is 0 Å². The third-order valence-corrected chi connectivity index (χ3v) is 4.51. The van der Waals surface area contributed by atoms with Crippen molar-refractivity contribution in [1.82, 2.24) is 4.90 Å². The van der Waals surface area contributed by atoms with Gasteiger partial charge in [0.05, 0.1) is 12.5 Å². The van der Waals surface area contributed by atoms with Crippen molar-refractivity contribution in [3.05, 3.63) is 34.3 Å². The summed E-state index contributed by atoms with van der Waals surface area (Å²) in [6, 6.07) is 7.59. The topological polar surface area (TPSA) is 66.8 Å². The van der Waals surface area contributed by atoms with Crippen molar-refractivity contribution in [2.24, 2.45) is 0 Å². The molecule has 6 heteroatoms. The minimum atomic E-state index is -0.882. The number of carboxylic acid groups (broad SMARTS) is 1. The molecule has 2 atom stereocenters. The van der Waals surface area contributed by atoms with Crippen LogP contribution in [-0.2, 0) is 20.7 Å². The number of nitrogens with zero attached hydrogens (tertiary/aromatic N) is 1. The van der Waals surface area contributed by atoms with Crippen molar-refractivity contribution in [1.29, 1.82) is 0 Å². The summed E-state index contributed by atoms with van der Waals surface area (Å²) >= 11 is 3.38. The predicted octanol–water partition coefficient (Wildman–Crippen LogP) is 2.47. The molecule has 22 heavy (non-hydrogen) atoms. The maximum absolute atomic E-state index is 12.4. The highest BCUT2D eigenvalue weighted by molar-refractivity contribution is 9.10. The summed E-state index contributed by atoms with van der Waals surface area (Å²) in [4.78, 5) is 25.0. The van der Waals surface area contributed by atoms with Crippen LogP contribution in [0.3, 0.4) is 0 Å². The molecular formula is C16H20BrNO4. The maximum atomic E-state index is 12.4. The van der Waals surface area contributed by atoms with Gasteiger partial charge >= 0.3 is 5.97 Å². The lowest BCUT2D eigenvalue weighted by Crippen LogP contribution is -2.37. The molecule has 5 nitrogen and oxygen atoms in total. The molecular weight excluding hydrogens is 350 g/mol. The van der Waals surface area contributed by atoms with Crippen LogP contribution in [0.15, 0.2) is 28.7 Å². The van der Waals surface area contributed by atoms with Gasteiger partial charge in [-0.15, -0.1) is 0 Å². The average molecular weight is 370 g/mol. The number of hydrogen-bond acceptors (Lipinski definition) is 3. The number of carbonyl (C=O) groups is 2. The Bertz CT molecular complexity index is 531. The monoisotopic (exact) mass is 369 g/mol. The van der Waals surface area contributed by atoms with Gasteiger partial charge in [-0.2, -0.15) is 0 Å². The Morgan fingerprint density at radius 2 is 2.05 bits per heavy atom. The maximum Gasteiger partial charge on any atom is 0.305 e. The Labute approximate surface area is 138 Å². The first-order chi connectivity index (χ1) is 10.5. The van der Waals surface area contributed by atoms with Crippen LogP contribution in [0.2, 0.25) is 0 Å². The number of hydrogen-bond donors (Lipinski definition) is 1. The van der Waals surface area contributed by atoms with Crippen LogP contribution in [0.1, 0.15) is 24.8 Å². The van der Waals surface area contributed by atoms with Crippen LogP contribution in [0.25, 0.3) is 0 Å². The molecule has 1 aliphatic rings. The van der Waals surface area contributed by atoms with Gasteiger partial charge in [0.25, 0.3) is 0 Å². The van der Waals surface area contributed by atoms with E-state index >= 15 is 0 Å². The Kier molecular flexibility index (Phi) is 5.97. The van der Waals surface area contributed by atoms with E-state index in [2.05, 4.69) is 15.9 Å². The molecule has 2 rings (SSSR count). The summed E-state index contributed by atoms with van der Waals surface area (Å²) in [5, 5.41) is 8.98.